The number of nitrogens with two attached hydrogens (primary N) is 1. The quantitative estimate of drug-likeness (QED) is 0.820. The first-order chi connectivity index (χ1) is 8.56. The number of ether oxygens (including phenoxy) is 1. The Balaban J connectivity index is 2.10. The molecule has 2 aromatic carbocycles. The topological polar surface area (TPSA) is 55.5 Å². The molecule has 4 heteroatoms. The van der Waals surface area contributed by atoms with E-state index in [0.29, 0.717) is 5.69 Å². The third kappa shape index (κ3) is 2.71. The van der Waals surface area contributed by atoms with Crippen molar-refractivity contribution < 1.29 is 14.2 Å². The van der Waals surface area contributed by atoms with Crippen molar-refractivity contribution in [3.05, 3.63) is 53.3 Å². The minimum atomic E-state index is -0.475. The van der Waals surface area contributed by atoms with E-state index < -0.39 is 5.82 Å². The highest BCUT2D eigenvalue weighted by Gasteiger charge is 2.07. The van der Waals surface area contributed by atoms with Gasteiger partial charge in [-0.3, -0.25) is 0 Å². The lowest BCUT2D eigenvalue weighted by atomic mass is 10.2. The molecule has 0 saturated heterocycles. The molecule has 0 atom stereocenters. The molecule has 0 aliphatic rings. The van der Waals surface area contributed by atoms with Crippen LogP contribution in [-0.2, 0) is 6.61 Å². The molecule has 0 unspecified atom stereocenters. The number of nitrogen functional groups attached to an aromatic ring is 1. The summed E-state index contributed by atoms with van der Waals surface area (Å²) in [4.78, 5) is 0. The molecule has 0 aliphatic heterocycles. The molecule has 0 bridgehead atoms. The van der Waals surface area contributed by atoms with Crippen molar-refractivity contribution in [1.29, 1.82) is 0 Å². The highest BCUT2D eigenvalue weighted by atomic mass is 19.1. The number of benzene rings is 2. The molecular formula is C14H14FNO2. The second kappa shape index (κ2) is 4.96. The number of phenolic OH excluding ortho intramolecular Hbond substituents is 1. The molecule has 0 radical (unpaired) electrons. The zero-order chi connectivity index (χ0) is 13.1. The van der Waals surface area contributed by atoms with Crippen LogP contribution in [0.4, 0.5) is 10.1 Å². The van der Waals surface area contributed by atoms with Crippen LogP contribution in [0, 0.1) is 12.7 Å². The van der Waals surface area contributed by atoms with Gasteiger partial charge in [-0.2, -0.15) is 0 Å². The van der Waals surface area contributed by atoms with Crippen molar-refractivity contribution in [2.45, 2.75) is 13.5 Å². The molecule has 18 heavy (non-hydrogen) atoms. The zero-order valence-corrected chi connectivity index (χ0v) is 9.98. The van der Waals surface area contributed by atoms with Crippen molar-refractivity contribution in [1.82, 2.24) is 0 Å². The molecule has 0 fully saturated rings. The monoisotopic (exact) mass is 247 g/mol. The van der Waals surface area contributed by atoms with Crippen molar-refractivity contribution in [3.63, 3.8) is 0 Å². The Morgan fingerprint density at radius 3 is 2.56 bits per heavy atom. The molecular weight excluding hydrogens is 233 g/mol. The van der Waals surface area contributed by atoms with Gasteiger partial charge in [0.1, 0.15) is 12.4 Å². The summed E-state index contributed by atoms with van der Waals surface area (Å²) >= 11 is 0. The van der Waals surface area contributed by atoms with Gasteiger partial charge in [-0.1, -0.05) is 12.1 Å². The van der Waals surface area contributed by atoms with Gasteiger partial charge in [-0.25, -0.2) is 4.39 Å². The molecule has 3 nitrogen and oxygen atoms in total. The Kier molecular flexibility index (Phi) is 3.37. The van der Waals surface area contributed by atoms with Gasteiger partial charge in [0.25, 0.3) is 0 Å². The number of anilines is 1. The average molecular weight is 247 g/mol. The Hall–Kier alpha value is -2.23. The second-order valence-corrected chi connectivity index (χ2v) is 4.09. The Bertz CT molecular complexity index is 552. The average Bonchev–Trinajstić information content (AvgIpc) is 2.34. The standard InChI is InChI=1S/C14H14FNO2/c1-9-6-14(12(15)7-13(9)16)18-8-10-2-4-11(17)5-3-10/h2-7,17H,8,16H2,1H3. The van der Waals surface area contributed by atoms with E-state index in [-0.39, 0.29) is 18.1 Å². The molecule has 2 rings (SSSR count). The summed E-state index contributed by atoms with van der Waals surface area (Å²) in [5.74, 6) is -0.111. The maximum atomic E-state index is 13.6. The van der Waals surface area contributed by atoms with Crippen LogP contribution in [0.5, 0.6) is 11.5 Å². The van der Waals surface area contributed by atoms with Crippen LogP contribution in [0.3, 0.4) is 0 Å². The Morgan fingerprint density at radius 1 is 1.22 bits per heavy atom. The van der Waals surface area contributed by atoms with Gasteiger partial charge in [0.2, 0.25) is 0 Å². The van der Waals surface area contributed by atoms with E-state index in [9.17, 15) is 4.39 Å². The predicted octanol–water partition coefficient (Wildman–Crippen LogP) is 3.00. The summed E-state index contributed by atoms with van der Waals surface area (Å²) in [5, 5.41) is 9.14. The van der Waals surface area contributed by atoms with E-state index in [1.165, 1.54) is 6.07 Å². The van der Waals surface area contributed by atoms with E-state index in [2.05, 4.69) is 0 Å². The minimum absolute atomic E-state index is 0.176. The lowest BCUT2D eigenvalue weighted by molar-refractivity contribution is 0.290. The number of hydrogen-bond acceptors (Lipinski definition) is 3. The van der Waals surface area contributed by atoms with Crippen LogP contribution in [0.1, 0.15) is 11.1 Å². The number of aromatic hydroxyl groups is 1. The zero-order valence-electron chi connectivity index (χ0n) is 9.98. The minimum Gasteiger partial charge on any atom is -0.508 e. The fraction of sp³-hybridized carbons (Fsp3) is 0.143. The molecule has 0 aliphatic carbocycles. The van der Waals surface area contributed by atoms with Crippen LogP contribution < -0.4 is 10.5 Å². The first-order valence-electron chi connectivity index (χ1n) is 5.52. The van der Waals surface area contributed by atoms with Gasteiger partial charge in [-0.15, -0.1) is 0 Å². The normalized spacial score (nSPS) is 10.3. The van der Waals surface area contributed by atoms with Crippen molar-refractivity contribution >= 4 is 5.69 Å². The molecule has 0 heterocycles. The van der Waals surface area contributed by atoms with E-state index in [1.807, 2.05) is 0 Å². The van der Waals surface area contributed by atoms with Gasteiger partial charge in [0, 0.05) is 11.8 Å². The summed E-state index contributed by atoms with van der Waals surface area (Å²) in [6.45, 7) is 2.03. The number of rotatable bonds is 3. The van der Waals surface area contributed by atoms with Gasteiger partial charge >= 0.3 is 0 Å². The third-order valence-corrected chi connectivity index (χ3v) is 2.65. The Morgan fingerprint density at radius 2 is 1.89 bits per heavy atom. The van der Waals surface area contributed by atoms with Gasteiger partial charge in [-0.05, 0) is 36.2 Å². The highest BCUT2D eigenvalue weighted by molar-refractivity contribution is 5.50. The summed E-state index contributed by atoms with van der Waals surface area (Å²) in [5.41, 5.74) is 7.62. The van der Waals surface area contributed by atoms with Crippen LogP contribution in [0.25, 0.3) is 0 Å². The van der Waals surface area contributed by atoms with Crippen LogP contribution >= 0.6 is 0 Å². The van der Waals surface area contributed by atoms with E-state index in [1.54, 1.807) is 37.3 Å². The molecule has 0 aromatic heterocycles. The van der Waals surface area contributed by atoms with Crippen LogP contribution in [0.2, 0.25) is 0 Å². The third-order valence-electron chi connectivity index (χ3n) is 2.65. The summed E-state index contributed by atoms with van der Waals surface area (Å²) < 4.78 is 18.9. The molecule has 94 valence electrons. The Labute approximate surface area is 105 Å². The van der Waals surface area contributed by atoms with Gasteiger partial charge in [0.05, 0.1) is 0 Å². The lowest BCUT2D eigenvalue weighted by Gasteiger charge is -2.09. The van der Waals surface area contributed by atoms with Crippen LogP contribution in [0.15, 0.2) is 36.4 Å². The first kappa shape index (κ1) is 12.2. The first-order valence-corrected chi connectivity index (χ1v) is 5.52. The number of aryl methyl sites for hydroxylation is 1. The molecule has 0 spiro atoms. The highest BCUT2D eigenvalue weighted by Crippen LogP contribution is 2.24. The van der Waals surface area contributed by atoms with Crippen LogP contribution in [-0.4, -0.2) is 5.11 Å². The summed E-state index contributed by atoms with van der Waals surface area (Å²) in [6.07, 6.45) is 0. The predicted molar refractivity (Wildman–Crippen MR) is 68.0 cm³/mol. The SMILES string of the molecule is Cc1cc(OCc2ccc(O)cc2)c(F)cc1N. The number of halogens is 1. The number of phenols is 1. The van der Waals surface area contributed by atoms with E-state index in [4.69, 9.17) is 15.6 Å². The summed E-state index contributed by atoms with van der Waals surface area (Å²) in [7, 11) is 0. The molecule has 3 N–H and O–H groups in total. The van der Waals surface area contributed by atoms with Gasteiger partial charge < -0.3 is 15.6 Å². The fourth-order valence-corrected chi connectivity index (χ4v) is 1.53. The largest absolute Gasteiger partial charge is 0.508 e. The molecule has 0 amide bonds. The molecule has 2 aromatic rings. The smallest absolute Gasteiger partial charge is 0.167 e. The van der Waals surface area contributed by atoms with Crippen molar-refractivity contribution in [3.8, 4) is 11.5 Å². The lowest BCUT2D eigenvalue weighted by Crippen LogP contribution is -1.99. The number of hydrogen-bond donors (Lipinski definition) is 2. The second-order valence-electron chi connectivity index (χ2n) is 4.09. The molecule has 0 saturated carbocycles. The maximum absolute atomic E-state index is 13.6. The van der Waals surface area contributed by atoms with E-state index >= 15 is 0 Å². The summed E-state index contributed by atoms with van der Waals surface area (Å²) in [6, 6.07) is 9.38. The maximum Gasteiger partial charge on any atom is 0.167 e. The van der Waals surface area contributed by atoms with E-state index in [0.717, 1.165) is 11.1 Å². The van der Waals surface area contributed by atoms with Crippen molar-refractivity contribution in [2.75, 3.05) is 5.73 Å². The fourth-order valence-electron chi connectivity index (χ4n) is 1.53. The van der Waals surface area contributed by atoms with Gasteiger partial charge in [0.15, 0.2) is 11.6 Å². The van der Waals surface area contributed by atoms with Crippen molar-refractivity contribution in [2.24, 2.45) is 0 Å².